The van der Waals surface area contributed by atoms with Gasteiger partial charge in [-0.3, -0.25) is 4.79 Å². The van der Waals surface area contributed by atoms with Crippen LogP contribution in [-0.2, 0) is 17.6 Å². The highest BCUT2D eigenvalue weighted by molar-refractivity contribution is 6.31. The highest BCUT2D eigenvalue weighted by atomic mass is 35.5. The fraction of sp³-hybridized carbons (Fsp3) is 0.409. The molecule has 0 spiro atoms. The highest BCUT2D eigenvalue weighted by Crippen LogP contribution is 2.38. The molecule has 0 bridgehead atoms. The van der Waals surface area contributed by atoms with Gasteiger partial charge in [-0.25, -0.2) is 0 Å². The number of halogens is 1. The Morgan fingerprint density at radius 1 is 1.37 bits per heavy atom. The van der Waals surface area contributed by atoms with Gasteiger partial charge in [0.15, 0.2) is 0 Å². The monoisotopic (exact) mass is 384 g/mol. The molecular weight excluding hydrogens is 360 g/mol. The highest BCUT2D eigenvalue weighted by Gasteiger charge is 2.33. The van der Waals surface area contributed by atoms with Crippen LogP contribution in [0.5, 0.6) is 0 Å². The molecule has 0 radical (unpaired) electrons. The van der Waals surface area contributed by atoms with Crippen LogP contribution in [0.4, 0.5) is 0 Å². The molecule has 0 aliphatic carbocycles. The first kappa shape index (κ1) is 18.2. The Kier molecular flexibility index (Phi) is 5.00. The predicted octanol–water partition coefficient (Wildman–Crippen LogP) is 5.52. The molecule has 2 aromatic heterocycles. The molecule has 1 aliphatic rings. The largest absolute Gasteiger partial charge is 0.469 e. The van der Waals surface area contributed by atoms with Gasteiger partial charge < -0.3 is 14.3 Å². The van der Waals surface area contributed by atoms with Crippen molar-refractivity contribution in [2.24, 2.45) is 5.92 Å². The van der Waals surface area contributed by atoms with E-state index in [9.17, 15) is 4.79 Å². The lowest BCUT2D eigenvalue weighted by molar-refractivity contribution is -0.134. The molecule has 3 aromatic rings. The molecule has 1 aromatic carbocycles. The molecule has 1 atom stereocenters. The van der Waals surface area contributed by atoms with Crippen LogP contribution in [0.3, 0.4) is 0 Å². The number of aryl methyl sites for hydroxylation is 1. The molecular formula is C22H25ClN2O2. The SMILES string of the molecule is CC(C)CC1c2[nH]c3ccc(Cl)cc3c2CCN1C(=O)CCc1ccco1. The zero-order valence-electron chi connectivity index (χ0n) is 15.8. The van der Waals surface area contributed by atoms with Crippen LogP contribution in [0.15, 0.2) is 41.0 Å². The van der Waals surface area contributed by atoms with Crippen LogP contribution in [0, 0.1) is 5.92 Å². The summed E-state index contributed by atoms with van der Waals surface area (Å²) in [7, 11) is 0. The van der Waals surface area contributed by atoms with Crippen molar-refractivity contribution in [1.29, 1.82) is 0 Å². The Labute approximate surface area is 164 Å². The Balaban J connectivity index is 1.63. The number of carbonyl (C=O) groups is 1. The predicted molar refractivity (Wildman–Crippen MR) is 108 cm³/mol. The average Bonchev–Trinajstić information content (AvgIpc) is 3.27. The van der Waals surface area contributed by atoms with E-state index >= 15 is 0 Å². The maximum atomic E-state index is 13.0. The van der Waals surface area contributed by atoms with Crippen molar-refractivity contribution in [2.45, 2.75) is 45.6 Å². The van der Waals surface area contributed by atoms with Gasteiger partial charge in [-0.2, -0.15) is 0 Å². The summed E-state index contributed by atoms with van der Waals surface area (Å²) < 4.78 is 5.38. The Morgan fingerprint density at radius 3 is 2.96 bits per heavy atom. The number of nitrogens with one attached hydrogen (secondary N) is 1. The Bertz CT molecular complexity index is 943. The third-order valence-corrected chi connectivity index (χ3v) is 5.63. The number of carbonyl (C=O) groups excluding carboxylic acids is 1. The van der Waals surface area contributed by atoms with Crippen LogP contribution < -0.4 is 0 Å². The molecule has 1 aliphatic heterocycles. The summed E-state index contributed by atoms with van der Waals surface area (Å²) in [4.78, 5) is 18.7. The molecule has 1 unspecified atom stereocenters. The minimum Gasteiger partial charge on any atom is -0.469 e. The van der Waals surface area contributed by atoms with Gasteiger partial charge in [-0.05, 0) is 54.7 Å². The van der Waals surface area contributed by atoms with Crippen molar-refractivity contribution in [3.63, 3.8) is 0 Å². The molecule has 0 saturated heterocycles. The fourth-order valence-corrected chi connectivity index (χ4v) is 4.33. The van der Waals surface area contributed by atoms with Gasteiger partial charge in [-0.1, -0.05) is 25.4 Å². The van der Waals surface area contributed by atoms with Crippen LogP contribution in [-0.4, -0.2) is 22.3 Å². The topological polar surface area (TPSA) is 49.2 Å². The molecule has 1 amide bonds. The number of benzene rings is 1. The number of fused-ring (bicyclic) bond motifs is 3. The quantitative estimate of drug-likeness (QED) is 0.629. The zero-order valence-corrected chi connectivity index (χ0v) is 16.6. The van der Waals surface area contributed by atoms with Crippen LogP contribution in [0.25, 0.3) is 10.9 Å². The summed E-state index contributed by atoms with van der Waals surface area (Å²) in [6.07, 6.45) is 4.58. The maximum absolute atomic E-state index is 13.0. The standard InChI is InChI=1S/C22H25ClN2O2/c1-14(2)12-20-22-17(18-13-15(23)5-7-19(18)24-22)9-10-25(20)21(26)8-6-16-4-3-11-27-16/h3-5,7,11,13-14,20,24H,6,8-10,12H2,1-2H3. The van der Waals surface area contributed by atoms with Crippen LogP contribution in [0.2, 0.25) is 5.02 Å². The van der Waals surface area contributed by atoms with E-state index in [0.717, 1.165) is 35.7 Å². The molecule has 4 rings (SSSR count). The number of amides is 1. The normalized spacial score (nSPS) is 16.9. The van der Waals surface area contributed by atoms with Gasteiger partial charge in [0.2, 0.25) is 5.91 Å². The number of furan rings is 1. The molecule has 27 heavy (non-hydrogen) atoms. The number of H-pyrrole nitrogens is 1. The number of rotatable bonds is 5. The lowest BCUT2D eigenvalue weighted by atomic mass is 9.91. The van der Waals surface area contributed by atoms with Crippen molar-refractivity contribution in [2.75, 3.05) is 6.54 Å². The van der Waals surface area contributed by atoms with Crippen molar-refractivity contribution in [3.8, 4) is 0 Å². The van der Waals surface area contributed by atoms with E-state index in [1.54, 1.807) is 6.26 Å². The number of hydrogen-bond acceptors (Lipinski definition) is 2. The second-order valence-corrected chi connectivity index (χ2v) is 8.21. The molecule has 5 heteroatoms. The van der Waals surface area contributed by atoms with E-state index in [0.29, 0.717) is 18.8 Å². The second-order valence-electron chi connectivity index (χ2n) is 7.77. The van der Waals surface area contributed by atoms with E-state index in [1.165, 1.54) is 16.6 Å². The Morgan fingerprint density at radius 2 is 2.22 bits per heavy atom. The first-order valence-corrected chi connectivity index (χ1v) is 10.0. The van der Waals surface area contributed by atoms with Gasteiger partial charge in [0.1, 0.15) is 5.76 Å². The minimum atomic E-state index is 0.0871. The minimum absolute atomic E-state index is 0.0871. The molecule has 0 fully saturated rings. The van der Waals surface area contributed by atoms with Gasteiger partial charge >= 0.3 is 0 Å². The van der Waals surface area contributed by atoms with Gasteiger partial charge in [0.05, 0.1) is 12.3 Å². The molecule has 3 heterocycles. The van der Waals surface area contributed by atoms with E-state index < -0.39 is 0 Å². The van der Waals surface area contributed by atoms with E-state index in [4.69, 9.17) is 16.0 Å². The first-order chi connectivity index (χ1) is 13.0. The molecule has 4 nitrogen and oxygen atoms in total. The summed E-state index contributed by atoms with van der Waals surface area (Å²) >= 11 is 6.22. The summed E-state index contributed by atoms with van der Waals surface area (Å²) in [6, 6.07) is 9.86. The maximum Gasteiger partial charge on any atom is 0.223 e. The smallest absolute Gasteiger partial charge is 0.223 e. The lowest BCUT2D eigenvalue weighted by Gasteiger charge is -2.37. The van der Waals surface area contributed by atoms with Crippen LogP contribution >= 0.6 is 11.6 Å². The second kappa shape index (κ2) is 7.43. The third-order valence-electron chi connectivity index (χ3n) is 5.39. The van der Waals surface area contributed by atoms with Crippen molar-refractivity contribution >= 4 is 28.4 Å². The number of aromatic amines is 1. The average molecular weight is 385 g/mol. The van der Waals surface area contributed by atoms with Gasteiger partial charge in [0.25, 0.3) is 0 Å². The van der Waals surface area contributed by atoms with Crippen molar-refractivity contribution < 1.29 is 9.21 Å². The molecule has 1 N–H and O–H groups in total. The fourth-order valence-electron chi connectivity index (χ4n) is 4.16. The van der Waals surface area contributed by atoms with Gasteiger partial charge in [0, 0.05) is 41.0 Å². The lowest BCUT2D eigenvalue weighted by Crippen LogP contribution is -2.40. The molecule has 0 saturated carbocycles. The first-order valence-electron chi connectivity index (χ1n) is 9.64. The summed E-state index contributed by atoms with van der Waals surface area (Å²) in [5.41, 5.74) is 3.59. The van der Waals surface area contributed by atoms with E-state index in [-0.39, 0.29) is 11.9 Å². The summed E-state index contributed by atoms with van der Waals surface area (Å²) in [5, 5.41) is 1.94. The van der Waals surface area contributed by atoms with E-state index in [1.807, 2.05) is 30.3 Å². The Hall–Kier alpha value is -2.20. The van der Waals surface area contributed by atoms with Gasteiger partial charge in [-0.15, -0.1) is 0 Å². The number of aromatic nitrogens is 1. The number of nitrogens with zero attached hydrogens (tertiary/aromatic N) is 1. The molecule has 142 valence electrons. The summed E-state index contributed by atoms with van der Waals surface area (Å²) in [6.45, 7) is 5.17. The number of hydrogen-bond donors (Lipinski definition) is 1. The third kappa shape index (κ3) is 3.63. The van der Waals surface area contributed by atoms with Crippen molar-refractivity contribution in [1.82, 2.24) is 9.88 Å². The zero-order chi connectivity index (χ0) is 19.0. The summed E-state index contributed by atoms with van der Waals surface area (Å²) in [5.74, 6) is 1.55. The van der Waals surface area contributed by atoms with Crippen LogP contribution in [0.1, 0.15) is 49.7 Å². The van der Waals surface area contributed by atoms with E-state index in [2.05, 4.69) is 23.7 Å². The van der Waals surface area contributed by atoms with Crippen molar-refractivity contribution in [3.05, 3.63) is 58.6 Å².